The third-order valence-corrected chi connectivity index (χ3v) is 4.96. The Morgan fingerprint density at radius 3 is 2.32 bits per heavy atom. The Morgan fingerprint density at radius 1 is 0.968 bits per heavy atom. The quantitative estimate of drug-likeness (QED) is 0.521. The Hall–Kier alpha value is -3.86. The van der Waals surface area contributed by atoms with Gasteiger partial charge in [0.2, 0.25) is 0 Å². The fourth-order valence-electron chi connectivity index (χ4n) is 3.45. The Labute approximate surface area is 182 Å². The van der Waals surface area contributed by atoms with Gasteiger partial charge in [-0.1, -0.05) is 35.9 Å². The van der Waals surface area contributed by atoms with E-state index in [-0.39, 0.29) is 5.91 Å². The van der Waals surface area contributed by atoms with Crippen LogP contribution in [0.4, 0.5) is 5.69 Å². The van der Waals surface area contributed by atoms with Crippen LogP contribution in [0.15, 0.2) is 83.5 Å². The molecule has 5 heteroatoms. The zero-order chi connectivity index (χ0) is 21.8. The first-order chi connectivity index (χ1) is 15.1. The molecular weight excluding hydrogens is 388 g/mol. The zero-order valence-electron chi connectivity index (χ0n) is 17.8. The number of nitrogens with zero attached hydrogens (tertiary/aromatic N) is 2. The standard InChI is InChI=1S/C26H24N2O3/c1-4-31-23-14-10-21(11-15-23)28-25(20-7-5-6-18(2)16-20)27-24(26(28)29)17-19-8-12-22(30-3)13-9-19/h5-17H,4H2,1-3H3/b24-17+. The SMILES string of the molecule is CCOc1ccc(N2C(=O)/C(=C\c3ccc(OC)cc3)N=C2c2cccc(C)c2)cc1. The average Bonchev–Trinajstić information content (AvgIpc) is 3.11. The van der Waals surface area contributed by atoms with Gasteiger partial charge in [0, 0.05) is 5.56 Å². The number of methoxy groups -OCH3 is 1. The molecule has 0 radical (unpaired) electrons. The van der Waals surface area contributed by atoms with Gasteiger partial charge in [-0.15, -0.1) is 0 Å². The third-order valence-electron chi connectivity index (χ3n) is 4.96. The van der Waals surface area contributed by atoms with Crippen LogP contribution >= 0.6 is 0 Å². The van der Waals surface area contributed by atoms with Crippen LogP contribution < -0.4 is 14.4 Å². The largest absolute Gasteiger partial charge is 0.497 e. The van der Waals surface area contributed by atoms with Gasteiger partial charge >= 0.3 is 0 Å². The number of amides is 1. The highest BCUT2D eigenvalue weighted by atomic mass is 16.5. The second kappa shape index (κ2) is 8.88. The van der Waals surface area contributed by atoms with E-state index in [1.165, 1.54) is 0 Å². The van der Waals surface area contributed by atoms with Crippen molar-refractivity contribution in [3.05, 3.63) is 95.2 Å². The van der Waals surface area contributed by atoms with E-state index in [1.807, 2.05) is 86.6 Å². The van der Waals surface area contributed by atoms with Crippen molar-refractivity contribution < 1.29 is 14.3 Å². The van der Waals surface area contributed by atoms with E-state index in [2.05, 4.69) is 0 Å². The van der Waals surface area contributed by atoms with Gasteiger partial charge in [0.25, 0.3) is 5.91 Å². The molecule has 1 heterocycles. The van der Waals surface area contributed by atoms with Crippen LogP contribution in [-0.2, 0) is 4.79 Å². The van der Waals surface area contributed by atoms with E-state index in [0.717, 1.165) is 33.9 Å². The van der Waals surface area contributed by atoms with Crippen LogP contribution in [0.3, 0.4) is 0 Å². The summed E-state index contributed by atoms with van der Waals surface area (Å²) in [6.07, 6.45) is 1.80. The third kappa shape index (κ3) is 4.36. The molecule has 1 amide bonds. The highest BCUT2D eigenvalue weighted by Gasteiger charge is 2.32. The number of carbonyl (C=O) groups excluding carboxylic acids is 1. The predicted molar refractivity (Wildman–Crippen MR) is 124 cm³/mol. The monoisotopic (exact) mass is 412 g/mol. The Bertz CT molecular complexity index is 1150. The first-order valence-corrected chi connectivity index (χ1v) is 10.2. The van der Waals surface area contributed by atoms with E-state index < -0.39 is 0 Å². The van der Waals surface area contributed by atoms with E-state index in [0.29, 0.717) is 18.1 Å². The number of carbonyl (C=O) groups is 1. The van der Waals surface area contributed by atoms with E-state index in [4.69, 9.17) is 14.5 Å². The Balaban J connectivity index is 1.76. The highest BCUT2D eigenvalue weighted by molar-refractivity contribution is 6.33. The van der Waals surface area contributed by atoms with Crippen LogP contribution in [-0.4, -0.2) is 25.5 Å². The van der Waals surface area contributed by atoms with Gasteiger partial charge in [-0.2, -0.15) is 0 Å². The van der Waals surface area contributed by atoms with Crippen LogP contribution in [0.5, 0.6) is 11.5 Å². The number of aryl methyl sites for hydroxylation is 1. The molecule has 0 spiro atoms. The van der Waals surface area contributed by atoms with Crippen molar-refractivity contribution in [2.45, 2.75) is 13.8 Å². The molecule has 0 atom stereocenters. The number of amidine groups is 1. The summed E-state index contributed by atoms with van der Waals surface area (Å²) in [6, 6.07) is 23.0. The molecule has 1 aliphatic heterocycles. The fourth-order valence-corrected chi connectivity index (χ4v) is 3.45. The molecule has 4 rings (SSSR count). The molecule has 156 valence electrons. The summed E-state index contributed by atoms with van der Waals surface area (Å²) < 4.78 is 10.8. The number of rotatable bonds is 6. The molecule has 0 saturated carbocycles. The molecule has 0 fully saturated rings. The Kier molecular flexibility index (Phi) is 5.85. The molecule has 3 aromatic carbocycles. The Morgan fingerprint density at radius 2 is 1.68 bits per heavy atom. The summed E-state index contributed by atoms with van der Waals surface area (Å²) in [4.78, 5) is 19.8. The molecule has 0 unspecified atom stereocenters. The number of aliphatic imine (C=N–C) groups is 1. The van der Waals surface area contributed by atoms with E-state index in [1.54, 1.807) is 18.1 Å². The number of ether oxygens (including phenoxy) is 2. The van der Waals surface area contributed by atoms with Crippen molar-refractivity contribution in [3.8, 4) is 11.5 Å². The maximum absolute atomic E-state index is 13.4. The van der Waals surface area contributed by atoms with Gasteiger partial charge in [0.05, 0.1) is 19.4 Å². The fraction of sp³-hybridized carbons (Fsp3) is 0.154. The van der Waals surface area contributed by atoms with Crippen LogP contribution in [0.2, 0.25) is 0 Å². The second-order valence-electron chi connectivity index (χ2n) is 7.18. The molecule has 0 saturated heterocycles. The summed E-state index contributed by atoms with van der Waals surface area (Å²) >= 11 is 0. The van der Waals surface area contributed by atoms with Crippen molar-refractivity contribution in [2.24, 2.45) is 4.99 Å². The average molecular weight is 412 g/mol. The van der Waals surface area contributed by atoms with Crippen LogP contribution in [0.1, 0.15) is 23.6 Å². The molecular formula is C26H24N2O3. The van der Waals surface area contributed by atoms with Gasteiger partial charge < -0.3 is 9.47 Å². The molecule has 5 nitrogen and oxygen atoms in total. The maximum Gasteiger partial charge on any atom is 0.282 e. The first kappa shape index (κ1) is 20.4. The van der Waals surface area contributed by atoms with Crippen molar-refractivity contribution in [1.82, 2.24) is 0 Å². The van der Waals surface area contributed by atoms with Gasteiger partial charge in [-0.25, -0.2) is 4.99 Å². The number of hydrogen-bond acceptors (Lipinski definition) is 4. The van der Waals surface area contributed by atoms with Gasteiger partial charge in [0.15, 0.2) is 0 Å². The summed E-state index contributed by atoms with van der Waals surface area (Å²) in [5.41, 5.74) is 4.00. The molecule has 0 bridgehead atoms. The topological polar surface area (TPSA) is 51.1 Å². The number of benzene rings is 3. The molecule has 3 aromatic rings. The lowest BCUT2D eigenvalue weighted by Gasteiger charge is -2.19. The summed E-state index contributed by atoms with van der Waals surface area (Å²) in [6.45, 7) is 4.56. The highest BCUT2D eigenvalue weighted by Crippen LogP contribution is 2.29. The van der Waals surface area contributed by atoms with Crippen LogP contribution in [0.25, 0.3) is 6.08 Å². The lowest BCUT2D eigenvalue weighted by Crippen LogP contribution is -2.32. The number of hydrogen-bond donors (Lipinski definition) is 0. The normalized spacial score (nSPS) is 14.7. The van der Waals surface area contributed by atoms with E-state index >= 15 is 0 Å². The summed E-state index contributed by atoms with van der Waals surface area (Å²) in [7, 11) is 1.63. The summed E-state index contributed by atoms with van der Waals surface area (Å²) in [5, 5.41) is 0. The van der Waals surface area contributed by atoms with Crippen molar-refractivity contribution >= 4 is 23.5 Å². The summed E-state index contributed by atoms with van der Waals surface area (Å²) in [5.74, 6) is 1.97. The van der Waals surface area contributed by atoms with E-state index in [9.17, 15) is 4.79 Å². The van der Waals surface area contributed by atoms with Crippen LogP contribution in [0, 0.1) is 6.92 Å². The van der Waals surface area contributed by atoms with Gasteiger partial charge in [0.1, 0.15) is 23.0 Å². The van der Waals surface area contributed by atoms with Crippen molar-refractivity contribution in [1.29, 1.82) is 0 Å². The van der Waals surface area contributed by atoms with Gasteiger partial charge in [-0.3, -0.25) is 9.69 Å². The minimum Gasteiger partial charge on any atom is -0.497 e. The second-order valence-corrected chi connectivity index (χ2v) is 7.18. The molecule has 31 heavy (non-hydrogen) atoms. The molecule has 0 N–H and O–H groups in total. The number of anilines is 1. The molecule has 0 aliphatic carbocycles. The van der Waals surface area contributed by atoms with Crippen molar-refractivity contribution in [3.63, 3.8) is 0 Å². The molecule has 1 aliphatic rings. The molecule has 0 aromatic heterocycles. The van der Waals surface area contributed by atoms with Gasteiger partial charge in [-0.05, 0) is 68.0 Å². The van der Waals surface area contributed by atoms with Crippen molar-refractivity contribution in [2.75, 3.05) is 18.6 Å². The predicted octanol–water partition coefficient (Wildman–Crippen LogP) is 5.24. The lowest BCUT2D eigenvalue weighted by molar-refractivity contribution is -0.113. The minimum absolute atomic E-state index is 0.170. The lowest BCUT2D eigenvalue weighted by atomic mass is 10.1. The zero-order valence-corrected chi connectivity index (χ0v) is 17.8. The smallest absolute Gasteiger partial charge is 0.282 e. The minimum atomic E-state index is -0.170. The first-order valence-electron chi connectivity index (χ1n) is 10.2. The maximum atomic E-state index is 13.4.